The minimum atomic E-state index is -0.102. The van der Waals surface area contributed by atoms with Gasteiger partial charge < -0.3 is 20.5 Å². The summed E-state index contributed by atoms with van der Waals surface area (Å²) in [6, 6.07) is 14.7. The fourth-order valence-electron chi connectivity index (χ4n) is 1.97. The molecular formula is C17H20N2O3. The van der Waals surface area contributed by atoms with Crippen molar-refractivity contribution in [1.82, 2.24) is 0 Å². The molecule has 0 aliphatic heterocycles. The number of anilines is 1. The largest absolute Gasteiger partial charge is 0.497 e. The van der Waals surface area contributed by atoms with E-state index in [2.05, 4.69) is 5.32 Å². The molecule has 0 aliphatic rings. The van der Waals surface area contributed by atoms with E-state index in [1.807, 2.05) is 36.4 Å². The second-order valence-corrected chi connectivity index (χ2v) is 4.68. The minimum absolute atomic E-state index is 0.102. The van der Waals surface area contributed by atoms with Crippen LogP contribution < -0.4 is 20.5 Å². The van der Waals surface area contributed by atoms with Gasteiger partial charge in [0.2, 0.25) is 5.91 Å². The Hall–Kier alpha value is -2.53. The van der Waals surface area contributed by atoms with Crippen LogP contribution in [0.2, 0.25) is 0 Å². The van der Waals surface area contributed by atoms with Crippen LogP contribution in [-0.4, -0.2) is 19.6 Å². The van der Waals surface area contributed by atoms with Crippen molar-refractivity contribution in [3.8, 4) is 11.5 Å². The first kappa shape index (κ1) is 15.9. The molecule has 2 aromatic carbocycles. The van der Waals surface area contributed by atoms with Crippen molar-refractivity contribution >= 4 is 11.6 Å². The van der Waals surface area contributed by atoms with Crippen molar-refractivity contribution in [2.24, 2.45) is 5.73 Å². The number of nitrogens with one attached hydrogen (secondary N) is 1. The van der Waals surface area contributed by atoms with Gasteiger partial charge >= 0.3 is 0 Å². The topological polar surface area (TPSA) is 73.6 Å². The molecule has 0 aliphatic carbocycles. The molecule has 5 heteroatoms. The van der Waals surface area contributed by atoms with Crippen LogP contribution in [-0.2, 0) is 11.3 Å². The predicted octanol–water partition coefficient (Wildman–Crippen LogP) is 2.56. The lowest BCUT2D eigenvalue weighted by molar-refractivity contribution is -0.116. The van der Waals surface area contributed by atoms with Crippen LogP contribution in [0.4, 0.5) is 5.69 Å². The molecular weight excluding hydrogens is 280 g/mol. The van der Waals surface area contributed by atoms with Crippen LogP contribution >= 0.6 is 0 Å². The van der Waals surface area contributed by atoms with Gasteiger partial charge in [0.1, 0.15) is 11.5 Å². The molecule has 22 heavy (non-hydrogen) atoms. The van der Waals surface area contributed by atoms with Crippen molar-refractivity contribution in [1.29, 1.82) is 0 Å². The zero-order valence-corrected chi connectivity index (χ0v) is 12.5. The molecule has 0 radical (unpaired) electrons. The number of nitrogens with two attached hydrogens (primary N) is 1. The van der Waals surface area contributed by atoms with E-state index < -0.39 is 0 Å². The minimum Gasteiger partial charge on any atom is -0.497 e. The molecule has 2 aromatic rings. The quantitative estimate of drug-likeness (QED) is 0.824. The van der Waals surface area contributed by atoms with Gasteiger partial charge in [0.15, 0.2) is 0 Å². The van der Waals surface area contributed by atoms with Gasteiger partial charge in [-0.15, -0.1) is 0 Å². The van der Waals surface area contributed by atoms with Gasteiger partial charge in [-0.2, -0.15) is 0 Å². The van der Waals surface area contributed by atoms with Gasteiger partial charge in [-0.1, -0.05) is 18.2 Å². The third kappa shape index (κ3) is 4.49. The lowest BCUT2D eigenvalue weighted by Gasteiger charge is -2.10. The maximum absolute atomic E-state index is 11.9. The number of benzene rings is 2. The van der Waals surface area contributed by atoms with Crippen molar-refractivity contribution in [2.75, 3.05) is 19.0 Å². The van der Waals surface area contributed by atoms with Crippen molar-refractivity contribution in [2.45, 2.75) is 13.0 Å². The van der Waals surface area contributed by atoms with Crippen molar-refractivity contribution in [3.63, 3.8) is 0 Å². The van der Waals surface area contributed by atoms with Crippen molar-refractivity contribution < 1.29 is 14.3 Å². The van der Waals surface area contributed by atoms with Gasteiger partial charge in [-0.25, -0.2) is 0 Å². The van der Waals surface area contributed by atoms with Gasteiger partial charge in [0.05, 0.1) is 20.1 Å². The Bertz CT molecular complexity index is 612. The number of ether oxygens (including phenoxy) is 2. The van der Waals surface area contributed by atoms with E-state index in [0.29, 0.717) is 18.9 Å². The first-order valence-corrected chi connectivity index (χ1v) is 7.07. The Labute approximate surface area is 130 Å². The van der Waals surface area contributed by atoms with Crippen LogP contribution in [0, 0.1) is 0 Å². The predicted molar refractivity (Wildman–Crippen MR) is 86.1 cm³/mol. The Kier molecular flexibility index (Phi) is 5.80. The number of hydrogen-bond donors (Lipinski definition) is 2. The lowest BCUT2D eigenvalue weighted by Crippen LogP contribution is -2.16. The zero-order chi connectivity index (χ0) is 15.8. The number of rotatable bonds is 7. The molecule has 0 bridgehead atoms. The maximum Gasteiger partial charge on any atom is 0.227 e. The number of para-hydroxylation sites is 1. The van der Waals surface area contributed by atoms with E-state index in [0.717, 1.165) is 17.0 Å². The van der Waals surface area contributed by atoms with Gasteiger partial charge in [0.25, 0.3) is 0 Å². The molecule has 0 saturated carbocycles. The summed E-state index contributed by atoms with van der Waals surface area (Å²) >= 11 is 0. The van der Waals surface area contributed by atoms with Crippen molar-refractivity contribution in [3.05, 3.63) is 54.1 Å². The highest BCUT2D eigenvalue weighted by Gasteiger charge is 2.06. The summed E-state index contributed by atoms with van der Waals surface area (Å²) in [6.45, 7) is 0.696. The Morgan fingerprint density at radius 3 is 2.45 bits per heavy atom. The van der Waals surface area contributed by atoms with Crippen LogP contribution in [0.1, 0.15) is 12.0 Å². The Balaban J connectivity index is 1.80. The summed E-state index contributed by atoms with van der Waals surface area (Å²) in [6.07, 6.45) is 0.269. The molecule has 3 N–H and O–H groups in total. The molecule has 0 saturated heterocycles. The van der Waals surface area contributed by atoms with E-state index in [9.17, 15) is 4.79 Å². The van der Waals surface area contributed by atoms with E-state index in [1.54, 1.807) is 19.2 Å². The highest BCUT2D eigenvalue weighted by atomic mass is 16.5. The van der Waals surface area contributed by atoms with E-state index in [1.165, 1.54) is 0 Å². The molecule has 0 fully saturated rings. The van der Waals surface area contributed by atoms with Gasteiger partial charge in [-0.3, -0.25) is 4.79 Å². The molecule has 0 spiro atoms. The van der Waals surface area contributed by atoms with E-state index in [4.69, 9.17) is 15.2 Å². The second kappa shape index (κ2) is 8.05. The molecule has 0 heterocycles. The Morgan fingerprint density at radius 2 is 1.77 bits per heavy atom. The van der Waals surface area contributed by atoms with Gasteiger partial charge in [0, 0.05) is 12.2 Å². The first-order valence-electron chi connectivity index (χ1n) is 7.07. The van der Waals surface area contributed by atoms with E-state index >= 15 is 0 Å². The van der Waals surface area contributed by atoms with Crippen LogP contribution in [0.3, 0.4) is 0 Å². The lowest BCUT2D eigenvalue weighted by atomic mass is 10.2. The third-order valence-corrected chi connectivity index (χ3v) is 3.17. The van der Waals surface area contributed by atoms with E-state index in [-0.39, 0.29) is 12.3 Å². The number of hydrogen-bond acceptors (Lipinski definition) is 4. The summed E-state index contributed by atoms with van der Waals surface area (Å²) in [5.74, 6) is 1.37. The fraction of sp³-hybridized carbons (Fsp3) is 0.235. The first-order chi connectivity index (χ1) is 10.7. The molecule has 0 unspecified atom stereocenters. The molecule has 5 nitrogen and oxygen atoms in total. The molecule has 2 rings (SSSR count). The standard InChI is InChI=1S/C17H20N2O3/c1-21-14-6-8-15(9-7-14)22-11-10-17(20)19-16-5-3-2-4-13(16)12-18/h2-9H,10-12,18H2,1H3,(H,19,20). The van der Waals surface area contributed by atoms with Crippen LogP contribution in [0.15, 0.2) is 48.5 Å². The third-order valence-electron chi connectivity index (χ3n) is 3.17. The highest BCUT2D eigenvalue weighted by Crippen LogP contribution is 2.17. The molecule has 116 valence electrons. The number of carbonyl (C=O) groups is 1. The highest BCUT2D eigenvalue weighted by molar-refractivity contribution is 5.91. The number of amides is 1. The normalized spacial score (nSPS) is 10.1. The number of carbonyl (C=O) groups excluding carboxylic acids is 1. The zero-order valence-electron chi connectivity index (χ0n) is 12.5. The average molecular weight is 300 g/mol. The summed E-state index contributed by atoms with van der Waals surface area (Å²) in [5.41, 5.74) is 7.30. The summed E-state index contributed by atoms with van der Waals surface area (Å²) in [4.78, 5) is 11.9. The summed E-state index contributed by atoms with van der Waals surface area (Å²) in [7, 11) is 1.61. The smallest absolute Gasteiger partial charge is 0.227 e. The molecule has 0 atom stereocenters. The Morgan fingerprint density at radius 1 is 1.09 bits per heavy atom. The van der Waals surface area contributed by atoms with Crippen LogP contribution in [0.25, 0.3) is 0 Å². The van der Waals surface area contributed by atoms with Gasteiger partial charge in [-0.05, 0) is 35.9 Å². The molecule has 0 aromatic heterocycles. The van der Waals surface area contributed by atoms with Crippen LogP contribution in [0.5, 0.6) is 11.5 Å². The molecule has 1 amide bonds. The second-order valence-electron chi connectivity index (χ2n) is 4.68. The monoisotopic (exact) mass is 300 g/mol. The average Bonchev–Trinajstić information content (AvgIpc) is 2.56. The SMILES string of the molecule is COc1ccc(OCCC(=O)Nc2ccccc2CN)cc1. The fourth-order valence-corrected chi connectivity index (χ4v) is 1.97. The summed E-state index contributed by atoms with van der Waals surface area (Å²) < 4.78 is 10.6. The summed E-state index contributed by atoms with van der Waals surface area (Å²) in [5, 5.41) is 2.85. The number of methoxy groups -OCH3 is 1. The maximum atomic E-state index is 11.9.